The maximum Gasteiger partial charge on any atom is 0.275 e. The van der Waals surface area contributed by atoms with Crippen molar-refractivity contribution in [1.82, 2.24) is 15.1 Å². The molecule has 3 aromatic rings. The highest BCUT2D eigenvalue weighted by Crippen LogP contribution is 2.39. The number of ether oxygens (including phenoxy) is 1. The first-order valence-electron chi connectivity index (χ1n) is 6.79. The standard InChI is InChI=1S/C15H13N3O3/c1-20-9-4-5-12-10(6-9)11(7-19)13(16-12)15-17-14(18-21-15)8-2-3-8/h4-8,16H,2-3H2,1H3. The predicted octanol–water partition coefficient (Wildman–Crippen LogP) is 2.92. The largest absolute Gasteiger partial charge is 0.497 e. The number of nitrogens with one attached hydrogen (secondary N) is 1. The summed E-state index contributed by atoms with van der Waals surface area (Å²) in [6, 6.07) is 5.51. The molecule has 2 aromatic heterocycles. The van der Waals surface area contributed by atoms with Gasteiger partial charge < -0.3 is 14.2 Å². The molecule has 1 aliphatic rings. The monoisotopic (exact) mass is 283 g/mol. The average Bonchev–Trinajstić information content (AvgIpc) is 3.13. The molecule has 0 atom stereocenters. The van der Waals surface area contributed by atoms with Gasteiger partial charge in [0.25, 0.3) is 5.89 Å². The molecular weight excluding hydrogens is 270 g/mol. The first kappa shape index (κ1) is 12.1. The number of benzene rings is 1. The fraction of sp³-hybridized carbons (Fsp3) is 0.267. The maximum atomic E-state index is 11.5. The number of methoxy groups -OCH3 is 1. The lowest BCUT2D eigenvalue weighted by molar-refractivity contribution is 0.112. The number of hydrogen-bond acceptors (Lipinski definition) is 5. The van der Waals surface area contributed by atoms with Crippen molar-refractivity contribution in [3.8, 4) is 17.3 Å². The summed E-state index contributed by atoms with van der Waals surface area (Å²) in [5, 5.41) is 4.77. The molecule has 4 rings (SSSR count). The van der Waals surface area contributed by atoms with Crippen LogP contribution in [0.1, 0.15) is 34.9 Å². The van der Waals surface area contributed by atoms with Gasteiger partial charge in [0, 0.05) is 16.8 Å². The number of aldehydes is 1. The van der Waals surface area contributed by atoms with E-state index in [9.17, 15) is 4.79 Å². The molecule has 0 amide bonds. The van der Waals surface area contributed by atoms with Gasteiger partial charge in [-0.1, -0.05) is 5.16 Å². The van der Waals surface area contributed by atoms with Crippen LogP contribution in [0.3, 0.4) is 0 Å². The van der Waals surface area contributed by atoms with Gasteiger partial charge in [0.1, 0.15) is 11.4 Å². The van der Waals surface area contributed by atoms with Crippen LogP contribution in [0.4, 0.5) is 0 Å². The summed E-state index contributed by atoms with van der Waals surface area (Å²) in [5.74, 6) is 2.18. The molecule has 6 heteroatoms. The van der Waals surface area contributed by atoms with E-state index in [1.54, 1.807) is 7.11 Å². The Morgan fingerprint density at radius 3 is 3.00 bits per heavy atom. The van der Waals surface area contributed by atoms with Gasteiger partial charge in [0.15, 0.2) is 12.1 Å². The van der Waals surface area contributed by atoms with E-state index >= 15 is 0 Å². The smallest absolute Gasteiger partial charge is 0.275 e. The van der Waals surface area contributed by atoms with Crippen LogP contribution in [-0.2, 0) is 0 Å². The van der Waals surface area contributed by atoms with Crippen LogP contribution in [0.5, 0.6) is 5.75 Å². The van der Waals surface area contributed by atoms with Gasteiger partial charge in [0.05, 0.1) is 12.7 Å². The first-order chi connectivity index (χ1) is 10.3. The Balaban J connectivity index is 1.88. The van der Waals surface area contributed by atoms with E-state index in [4.69, 9.17) is 9.26 Å². The van der Waals surface area contributed by atoms with Crippen LogP contribution in [-0.4, -0.2) is 28.5 Å². The van der Waals surface area contributed by atoms with Crippen molar-refractivity contribution >= 4 is 17.2 Å². The third-order valence-corrected chi connectivity index (χ3v) is 3.76. The van der Waals surface area contributed by atoms with Gasteiger partial charge in [-0.15, -0.1) is 0 Å². The number of hydrogen-bond donors (Lipinski definition) is 1. The molecule has 6 nitrogen and oxygen atoms in total. The van der Waals surface area contributed by atoms with E-state index in [2.05, 4.69) is 15.1 Å². The second-order valence-electron chi connectivity index (χ2n) is 5.18. The van der Waals surface area contributed by atoms with Gasteiger partial charge in [0.2, 0.25) is 0 Å². The highest BCUT2D eigenvalue weighted by atomic mass is 16.5. The van der Waals surface area contributed by atoms with Crippen LogP contribution < -0.4 is 4.74 Å². The second-order valence-corrected chi connectivity index (χ2v) is 5.18. The van der Waals surface area contributed by atoms with Gasteiger partial charge in [-0.3, -0.25) is 4.79 Å². The van der Waals surface area contributed by atoms with Crippen molar-refractivity contribution in [3.05, 3.63) is 29.6 Å². The summed E-state index contributed by atoms with van der Waals surface area (Å²) in [7, 11) is 1.59. The summed E-state index contributed by atoms with van der Waals surface area (Å²) in [5.41, 5.74) is 1.90. The molecule has 2 heterocycles. The Kier molecular flexibility index (Phi) is 2.57. The topological polar surface area (TPSA) is 81.0 Å². The number of rotatable bonds is 4. The third-order valence-electron chi connectivity index (χ3n) is 3.76. The molecule has 1 N–H and O–H groups in total. The molecule has 0 bridgehead atoms. The molecule has 1 fully saturated rings. The minimum Gasteiger partial charge on any atom is -0.497 e. The molecule has 0 radical (unpaired) electrons. The van der Waals surface area contributed by atoms with Crippen LogP contribution in [0, 0.1) is 0 Å². The Morgan fingerprint density at radius 2 is 2.29 bits per heavy atom. The lowest BCUT2D eigenvalue weighted by atomic mass is 10.1. The van der Waals surface area contributed by atoms with Crippen LogP contribution in [0.2, 0.25) is 0 Å². The van der Waals surface area contributed by atoms with Crippen molar-refractivity contribution in [3.63, 3.8) is 0 Å². The van der Waals surface area contributed by atoms with Crippen molar-refractivity contribution in [1.29, 1.82) is 0 Å². The molecule has 0 unspecified atom stereocenters. The average molecular weight is 283 g/mol. The van der Waals surface area contributed by atoms with Crippen LogP contribution in [0.25, 0.3) is 22.5 Å². The molecule has 1 aliphatic carbocycles. The molecule has 1 saturated carbocycles. The van der Waals surface area contributed by atoms with Crippen molar-refractivity contribution in [2.45, 2.75) is 18.8 Å². The molecule has 106 valence electrons. The van der Waals surface area contributed by atoms with Gasteiger partial charge in [-0.25, -0.2) is 0 Å². The summed E-state index contributed by atoms with van der Waals surface area (Å²) in [4.78, 5) is 19.0. The van der Waals surface area contributed by atoms with E-state index in [0.717, 1.165) is 35.9 Å². The minimum atomic E-state index is 0.356. The van der Waals surface area contributed by atoms with E-state index in [1.807, 2.05) is 18.2 Å². The zero-order valence-electron chi connectivity index (χ0n) is 11.4. The fourth-order valence-corrected chi connectivity index (χ4v) is 2.45. The summed E-state index contributed by atoms with van der Waals surface area (Å²) >= 11 is 0. The molecule has 0 spiro atoms. The van der Waals surface area contributed by atoms with Gasteiger partial charge in [-0.2, -0.15) is 4.98 Å². The molecule has 21 heavy (non-hydrogen) atoms. The Hall–Kier alpha value is -2.63. The van der Waals surface area contributed by atoms with E-state index in [1.165, 1.54) is 0 Å². The number of H-pyrrole nitrogens is 1. The Labute approximate surface area is 120 Å². The Morgan fingerprint density at radius 1 is 1.43 bits per heavy atom. The van der Waals surface area contributed by atoms with Crippen molar-refractivity contribution in [2.75, 3.05) is 7.11 Å². The normalized spacial score (nSPS) is 14.5. The number of aromatic amines is 1. The lowest BCUT2D eigenvalue weighted by Crippen LogP contribution is -1.86. The van der Waals surface area contributed by atoms with E-state index in [0.29, 0.717) is 28.8 Å². The van der Waals surface area contributed by atoms with E-state index < -0.39 is 0 Å². The predicted molar refractivity (Wildman–Crippen MR) is 75.5 cm³/mol. The molecule has 0 aliphatic heterocycles. The lowest BCUT2D eigenvalue weighted by Gasteiger charge is -1.98. The summed E-state index contributed by atoms with van der Waals surface area (Å²) < 4.78 is 10.5. The zero-order chi connectivity index (χ0) is 14.4. The quantitative estimate of drug-likeness (QED) is 0.744. The summed E-state index contributed by atoms with van der Waals surface area (Å²) in [6.07, 6.45) is 3.00. The van der Waals surface area contributed by atoms with Gasteiger partial charge >= 0.3 is 0 Å². The second kappa shape index (κ2) is 4.44. The SMILES string of the molecule is COc1ccc2[nH]c(-c3nc(C4CC4)no3)c(C=O)c2c1. The summed E-state index contributed by atoms with van der Waals surface area (Å²) in [6.45, 7) is 0. The van der Waals surface area contributed by atoms with Gasteiger partial charge in [-0.05, 0) is 31.0 Å². The number of aromatic nitrogens is 3. The number of nitrogens with zero attached hydrogens (tertiary/aromatic N) is 2. The number of carbonyl (C=O) groups is 1. The van der Waals surface area contributed by atoms with Crippen molar-refractivity contribution < 1.29 is 14.1 Å². The zero-order valence-corrected chi connectivity index (χ0v) is 11.4. The maximum absolute atomic E-state index is 11.5. The van der Waals surface area contributed by atoms with Crippen LogP contribution in [0.15, 0.2) is 22.7 Å². The van der Waals surface area contributed by atoms with Crippen molar-refractivity contribution in [2.24, 2.45) is 0 Å². The van der Waals surface area contributed by atoms with E-state index in [-0.39, 0.29) is 0 Å². The minimum absolute atomic E-state index is 0.356. The highest BCUT2D eigenvalue weighted by Gasteiger charge is 2.29. The molecule has 1 aromatic carbocycles. The molecule has 0 saturated heterocycles. The van der Waals surface area contributed by atoms with Crippen LogP contribution >= 0.6 is 0 Å². The fourth-order valence-electron chi connectivity index (χ4n) is 2.45. The number of carbonyl (C=O) groups excluding carboxylic acids is 1. The third kappa shape index (κ3) is 1.91. The molecular formula is C15H13N3O3. The number of fused-ring (bicyclic) bond motifs is 1. The Bertz CT molecular complexity index is 830. The highest BCUT2D eigenvalue weighted by molar-refractivity contribution is 6.03. The first-order valence-corrected chi connectivity index (χ1v) is 6.79.